The Bertz CT molecular complexity index is 847. The molecule has 0 aliphatic rings. The first-order valence-corrected chi connectivity index (χ1v) is 8.80. The van der Waals surface area contributed by atoms with E-state index in [9.17, 15) is 0 Å². The Morgan fingerprint density at radius 3 is 2.78 bits per heavy atom. The molecule has 2 heterocycles. The van der Waals surface area contributed by atoms with Gasteiger partial charge in [0.2, 0.25) is 0 Å². The number of aliphatic imine (C=N–C) groups is 1. The van der Waals surface area contributed by atoms with Crippen molar-refractivity contribution in [1.29, 1.82) is 0 Å². The van der Waals surface area contributed by atoms with Crippen LogP contribution in [0.15, 0.2) is 66.0 Å². The van der Waals surface area contributed by atoms with Gasteiger partial charge < -0.3 is 19.9 Å². The molecule has 0 spiro atoms. The summed E-state index contributed by atoms with van der Waals surface area (Å²) in [5.74, 6) is 2.42. The Labute approximate surface area is 159 Å². The maximum Gasteiger partial charge on any atom is 0.193 e. The molecule has 7 nitrogen and oxygen atoms in total. The van der Waals surface area contributed by atoms with E-state index in [1.54, 1.807) is 19.4 Å². The highest BCUT2D eigenvalue weighted by molar-refractivity contribution is 5.79. The summed E-state index contributed by atoms with van der Waals surface area (Å²) in [6.45, 7) is 1.78. The summed E-state index contributed by atoms with van der Waals surface area (Å²) in [5.41, 5.74) is 2.13. The summed E-state index contributed by atoms with van der Waals surface area (Å²) in [6, 6.07) is 13.9. The van der Waals surface area contributed by atoms with E-state index >= 15 is 0 Å². The fourth-order valence-corrected chi connectivity index (χ4v) is 2.66. The van der Waals surface area contributed by atoms with Crippen molar-refractivity contribution in [2.24, 2.45) is 4.99 Å². The molecule has 0 aliphatic heterocycles. The minimum absolute atomic E-state index is 0.525. The first kappa shape index (κ1) is 18.4. The van der Waals surface area contributed by atoms with Crippen molar-refractivity contribution < 1.29 is 4.74 Å². The Hall–Kier alpha value is -3.35. The van der Waals surface area contributed by atoms with Gasteiger partial charge in [0.15, 0.2) is 5.96 Å². The molecule has 0 bridgehead atoms. The van der Waals surface area contributed by atoms with Crippen molar-refractivity contribution in [2.45, 2.75) is 6.54 Å². The topological polar surface area (TPSA) is 78.4 Å². The Morgan fingerprint density at radius 1 is 1.19 bits per heavy atom. The Balaban J connectivity index is 1.49. The molecule has 0 saturated carbocycles. The molecule has 3 aromatic rings. The second-order valence-electron chi connectivity index (χ2n) is 5.98. The van der Waals surface area contributed by atoms with Crippen LogP contribution < -0.4 is 10.1 Å². The van der Waals surface area contributed by atoms with Crippen LogP contribution in [0.2, 0.25) is 0 Å². The number of ether oxygens (including phenoxy) is 1. The molecule has 0 fully saturated rings. The van der Waals surface area contributed by atoms with Gasteiger partial charge in [0.1, 0.15) is 18.2 Å². The summed E-state index contributed by atoms with van der Waals surface area (Å²) in [6.07, 6.45) is 5.28. The van der Waals surface area contributed by atoms with Crippen LogP contribution in [0.1, 0.15) is 5.82 Å². The molecule has 0 amide bonds. The molecule has 7 heteroatoms. The first-order valence-electron chi connectivity index (χ1n) is 8.80. The average Bonchev–Trinajstić information content (AvgIpc) is 3.18. The van der Waals surface area contributed by atoms with Crippen molar-refractivity contribution in [3.05, 3.63) is 66.9 Å². The normalized spacial score (nSPS) is 11.3. The van der Waals surface area contributed by atoms with E-state index in [1.165, 1.54) is 0 Å². The highest BCUT2D eigenvalue weighted by atomic mass is 16.5. The zero-order valence-electron chi connectivity index (χ0n) is 15.6. The first-order chi connectivity index (χ1) is 13.3. The standard InChI is InChI=1S/C20H24N6O/c1-21-20(23-11-12-27-17-9-6-10-22-13-17)26(2)15-19-24-14-18(25-19)16-7-4-3-5-8-16/h3-10,13-14H,11-12,15H2,1-2H3,(H,21,23)(H,24,25). The predicted molar refractivity (Wildman–Crippen MR) is 107 cm³/mol. The maximum absolute atomic E-state index is 5.63. The number of guanidine groups is 1. The summed E-state index contributed by atoms with van der Waals surface area (Å²) < 4.78 is 5.63. The van der Waals surface area contributed by atoms with Gasteiger partial charge in [-0.2, -0.15) is 0 Å². The number of hydrogen-bond acceptors (Lipinski definition) is 4. The quantitative estimate of drug-likeness (QED) is 0.383. The fraction of sp³-hybridized carbons (Fsp3) is 0.250. The Kier molecular flexibility index (Phi) is 6.40. The number of hydrogen-bond donors (Lipinski definition) is 2. The Morgan fingerprint density at radius 2 is 2.04 bits per heavy atom. The zero-order valence-corrected chi connectivity index (χ0v) is 15.6. The third-order valence-corrected chi connectivity index (χ3v) is 3.96. The largest absolute Gasteiger partial charge is 0.490 e. The van der Waals surface area contributed by atoms with Gasteiger partial charge in [-0.1, -0.05) is 30.3 Å². The highest BCUT2D eigenvalue weighted by Gasteiger charge is 2.09. The highest BCUT2D eigenvalue weighted by Crippen LogP contribution is 2.16. The van der Waals surface area contributed by atoms with Gasteiger partial charge in [0.25, 0.3) is 0 Å². The third-order valence-electron chi connectivity index (χ3n) is 3.96. The van der Waals surface area contributed by atoms with Crippen LogP contribution in [0.3, 0.4) is 0 Å². The lowest BCUT2D eigenvalue weighted by atomic mass is 10.2. The van der Waals surface area contributed by atoms with E-state index in [4.69, 9.17) is 4.74 Å². The molecule has 3 rings (SSSR count). The summed E-state index contributed by atoms with van der Waals surface area (Å²) in [7, 11) is 3.74. The van der Waals surface area contributed by atoms with Gasteiger partial charge in [-0.25, -0.2) is 4.98 Å². The molecule has 140 valence electrons. The van der Waals surface area contributed by atoms with Crippen LogP contribution in [0.5, 0.6) is 5.75 Å². The van der Waals surface area contributed by atoms with Gasteiger partial charge in [-0.05, 0) is 17.7 Å². The van der Waals surface area contributed by atoms with Gasteiger partial charge in [-0.15, -0.1) is 0 Å². The van der Waals surface area contributed by atoms with Gasteiger partial charge in [-0.3, -0.25) is 9.98 Å². The van der Waals surface area contributed by atoms with E-state index in [-0.39, 0.29) is 0 Å². The lowest BCUT2D eigenvalue weighted by Gasteiger charge is -2.21. The minimum Gasteiger partial charge on any atom is -0.490 e. The SMILES string of the molecule is CN=C(NCCOc1cccnc1)N(C)Cc1ncc(-c2ccccc2)[nH]1. The van der Waals surface area contributed by atoms with E-state index < -0.39 is 0 Å². The second kappa shape index (κ2) is 9.38. The molecule has 0 aliphatic carbocycles. The van der Waals surface area contributed by atoms with Crippen molar-refractivity contribution in [2.75, 3.05) is 27.2 Å². The molecule has 2 N–H and O–H groups in total. The van der Waals surface area contributed by atoms with Crippen molar-refractivity contribution >= 4 is 5.96 Å². The second-order valence-corrected chi connectivity index (χ2v) is 5.98. The number of imidazole rings is 1. The van der Waals surface area contributed by atoms with Crippen molar-refractivity contribution in [1.82, 2.24) is 25.2 Å². The molecule has 0 radical (unpaired) electrons. The third kappa shape index (κ3) is 5.31. The smallest absolute Gasteiger partial charge is 0.193 e. The van der Waals surface area contributed by atoms with Crippen LogP contribution in [-0.2, 0) is 6.54 Å². The molecule has 1 aromatic carbocycles. The lowest BCUT2D eigenvalue weighted by Crippen LogP contribution is -2.40. The van der Waals surface area contributed by atoms with Gasteiger partial charge >= 0.3 is 0 Å². The predicted octanol–water partition coefficient (Wildman–Crippen LogP) is 2.56. The number of rotatable bonds is 7. The number of aromatic amines is 1. The van der Waals surface area contributed by atoms with Crippen LogP contribution in [0, 0.1) is 0 Å². The summed E-state index contributed by atoms with van der Waals surface area (Å²) >= 11 is 0. The number of benzene rings is 1. The number of pyridine rings is 1. The van der Waals surface area contributed by atoms with Crippen molar-refractivity contribution in [3.63, 3.8) is 0 Å². The van der Waals surface area contributed by atoms with Crippen molar-refractivity contribution in [3.8, 4) is 17.0 Å². The molecular weight excluding hydrogens is 340 g/mol. The number of aromatic nitrogens is 3. The van der Waals surface area contributed by atoms with Crippen LogP contribution in [0.4, 0.5) is 0 Å². The van der Waals surface area contributed by atoms with Crippen LogP contribution in [0.25, 0.3) is 11.3 Å². The van der Waals surface area contributed by atoms with Gasteiger partial charge in [0.05, 0.1) is 31.2 Å². The number of H-pyrrole nitrogens is 1. The molecular formula is C20H24N6O. The van der Waals surface area contributed by atoms with E-state index in [2.05, 4.69) is 37.4 Å². The number of nitrogens with zero attached hydrogens (tertiary/aromatic N) is 4. The minimum atomic E-state index is 0.525. The summed E-state index contributed by atoms with van der Waals surface area (Å²) in [4.78, 5) is 18.2. The zero-order chi connectivity index (χ0) is 18.9. The molecule has 2 aromatic heterocycles. The van der Waals surface area contributed by atoms with E-state index in [1.807, 2.05) is 48.5 Å². The van der Waals surface area contributed by atoms with E-state index in [0.29, 0.717) is 19.7 Å². The fourth-order valence-electron chi connectivity index (χ4n) is 2.66. The van der Waals surface area contributed by atoms with Gasteiger partial charge in [0, 0.05) is 20.3 Å². The molecule has 0 atom stereocenters. The van der Waals surface area contributed by atoms with Crippen LogP contribution >= 0.6 is 0 Å². The summed E-state index contributed by atoms with van der Waals surface area (Å²) in [5, 5.41) is 3.29. The van der Waals surface area contributed by atoms with E-state index in [0.717, 1.165) is 28.8 Å². The monoisotopic (exact) mass is 364 g/mol. The lowest BCUT2D eigenvalue weighted by molar-refractivity contribution is 0.318. The number of nitrogens with one attached hydrogen (secondary N) is 2. The van der Waals surface area contributed by atoms with Crippen LogP contribution in [-0.4, -0.2) is 53.1 Å². The average molecular weight is 364 g/mol. The molecule has 0 saturated heterocycles. The molecule has 0 unspecified atom stereocenters. The molecule has 27 heavy (non-hydrogen) atoms. The maximum atomic E-state index is 5.63.